The van der Waals surface area contributed by atoms with Crippen molar-refractivity contribution in [2.24, 2.45) is 5.10 Å². The number of hydrazone groups is 1. The van der Waals surface area contributed by atoms with Crippen molar-refractivity contribution in [3.05, 3.63) is 94.8 Å². The summed E-state index contributed by atoms with van der Waals surface area (Å²) in [4.78, 5) is 12.3. The number of hydrogen-bond acceptors (Lipinski definition) is 4. The van der Waals surface area contributed by atoms with Gasteiger partial charge < -0.3 is 0 Å². The molecule has 0 radical (unpaired) electrons. The fraction of sp³-hybridized carbons (Fsp3) is 0.0909. The summed E-state index contributed by atoms with van der Waals surface area (Å²) in [5, 5.41) is 4.43. The minimum absolute atomic E-state index is 0.132. The molecule has 1 amide bonds. The molecule has 9 heteroatoms. The van der Waals surface area contributed by atoms with Gasteiger partial charge in [0.2, 0.25) is 0 Å². The Labute approximate surface area is 185 Å². The average molecular weight is 460 g/mol. The van der Waals surface area contributed by atoms with E-state index in [1.165, 1.54) is 6.21 Å². The molecule has 0 saturated heterocycles. The molecule has 0 fully saturated rings. The molecular weight excluding hydrogens is 441 g/mol. The van der Waals surface area contributed by atoms with E-state index in [1.807, 2.05) is 6.92 Å². The largest absolute Gasteiger partial charge is 0.271 e. The summed E-state index contributed by atoms with van der Waals surface area (Å²) < 4.78 is 40.5. The lowest BCUT2D eigenvalue weighted by Gasteiger charge is -2.23. The van der Waals surface area contributed by atoms with Gasteiger partial charge in [0.05, 0.1) is 16.8 Å². The predicted octanol–water partition coefficient (Wildman–Crippen LogP) is 4.13. The summed E-state index contributed by atoms with van der Waals surface area (Å²) in [5.74, 6) is -1.20. The summed E-state index contributed by atoms with van der Waals surface area (Å²) in [6.07, 6.45) is 1.42. The van der Waals surface area contributed by atoms with Crippen molar-refractivity contribution in [1.82, 2.24) is 5.43 Å². The first-order valence-corrected chi connectivity index (χ1v) is 11.0. The van der Waals surface area contributed by atoms with E-state index in [-0.39, 0.29) is 4.90 Å². The monoisotopic (exact) mass is 459 g/mol. The maximum absolute atomic E-state index is 13.3. The third-order valence-electron chi connectivity index (χ3n) is 4.28. The van der Waals surface area contributed by atoms with Crippen LogP contribution in [0, 0.1) is 12.7 Å². The second kappa shape index (κ2) is 9.72. The highest BCUT2D eigenvalue weighted by Gasteiger charge is 2.27. The van der Waals surface area contributed by atoms with Gasteiger partial charge in [-0.1, -0.05) is 41.4 Å². The molecule has 3 aromatic rings. The quantitative estimate of drug-likeness (QED) is 0.426. The standard InChI is InChI=1S/C22H19ClFN3O3S/c1-16-2-10-20(11-3-16)27(31(29,30)21-12-8-19(24)9-13-21)15-22(28)26-25-14-17-4-6-18(23)7-5-17/h2-14H,15H2,1H3,(H,26,28)/b25-14-. The Bertz CT molecular complexity index is 1180. The van der Waals surface area contributed by atoms with Crippen LogP contribution in [0.5, 0.6) is 0 Å². The number of sulfonamides is 1. The molecule has 0 aromatic heterocycles. The molecule has 0 unspecified atom stereocenters. The summed E-state index contributed by atoms with van der Waals surface area (Å²) in [6.45, 7) is 1.35. The number of carbonyl (C=O) groups excluding carboxylic acids is 1. The molecule has 6 nitrogen and oxygen atoms in total. The highest BCUT2D eigenvalue weighted by atomic mass is 35.5. The van der Waals surface area contributed by atoms with Gasteiger partial charge in [0.25, 0.3) is 15.9 Å². The highest BCUT2D eigenvalue weighted by Crippen LogP contribution is 2.24. The van der Waals surface area contributed by atoms with Gasteiger partial charge in [-0.2, -0.15) is 5.10 Å². The summed E-state index contributed by atoms with van der Waals surface area (Å²) in [6, 6.07) is 17.9. The number of amides is 1. The Morgan fingerprint density at radius 3 is 2.26 bits per heavy atom. The smallest absolute Gasteiger partial charge is 0.264 e. The maximum atomic E-state index is 13.3. The van der Waals surface area contributed by atoms with Crippen LogP contribution < -0.4 is 9.73 Å². The number of nitrogens with one attached hydrogen (secondary N) is 1. The van der Waals surface area contributed by atoms with Crippen LogP contribution in [0.15, 0.2) is 82.8 Å². The summed E-state index contributed by atoms with van der Waals surface area (Å²) in [7, 11) is -4.12. The molecule has 3 aromatic carbocycles. The number of anilines is 1. The molecular formula is C22H19ClFN3O3S. The average Bonchev–Trinajstić information content (AvgIpc) is 2.74. The molecule has 1 N–H and O–H groups in total. The lowest BCUT2D eigenvalue weighted by molar-refractivity contribution is -0.119. The minimum atomic E-state index is -4.12. The molecule has 0 spiro atoms. The molecule has 31 heavy (non-hydrogen) atoms. The second-order valence-electron chi connectivity index (χ2n) is 6.65. The number of hydrogen-bond donors (Lipinski definition) is 1. The van der Waals surface area contributed by atoms with Crippen molar-refractivity contribution in [2.45, 2.75) is 11.8 Å². The number of halogens is 2. The predicted molar refractivity (Wildman–Crippen MR) is 119 cm³/mol. The van der Waals surface area contributed by atoms with Crippen LogP contribution in [0.2, 0.25) is 5.02 Å². The van der Waals surface area contributed by atoms with Crippen LogP contribution in [-0.2, 0) is 14.8 Å². The Morgan fingerprint density at radius 1 is 1.03 bits per heavy atom. The van der Waals surface area contributed by atoms with Gasteiger partial charge in [0.15, 0.2) is 0 Å². The van der Waals surface area contributed by atoms with Crippen LogP contribution in [0.4, 0.5) is 10.1 Å². The van der Waals surface area contributed by atoms with Crippen molar-refractivity contribution in [3.8, 4) is 0 Å². The second-order valence-corrected chi connectivity index (χ2v) is 8.94. The molecule has 0 aliphatic heterocycles. The molecule has 3 rings (SSSR count). The number of aryl methyl sites for hydroxylation is 1. The fourth-order valence-electron chi connectivity index (χ4n) is 2.65. The first-order chi connectivity index (χ1) is 14.8. The van der Waals surface area contributed by atoms with Gasteiger partial charge in [-0.15, -0.1) is 0 Å². The van der Waals surface area contributed by atoms with Gasteiger partial charge in [-0.05, 0) is 61.0 Å². The number of carbonyl (C=O) groups is 1. The molecule has 0 aliphatic carbocycles. The van der Waals surface area contributed by atoms with E-state index in [9.17, 15) is 17.6 Å². The third-order valence-corrected chi connectivity index (χ3v) is 6.32. The van der Waals surface area contributed by atoms with Crippen molar-refractivity contribution in [1.29, 1.82) is 0 Å². The summed E-state index contributed by atoms with van der Waals surface area (Å²) >= 11 is 5.83. The summed E-state index contributed by atoms with van der Waals surface area (Å²) in [5.41, 5.74) is 4.26. The van der Waals surface area contributed by atoms with E-state index >= 15 is 0 Å². The molecule has 0 heterocycles. The zero-order valence-electron chi connectivity index (χ0n) is 16.5. The van der Waals surface area contributed by atoms with Gasteiger partial charge in [0.1, 0.15) is 12.4 Å². The Hall–Kier alpha value is -3.23. The van der Waals surface area contributed by atoms with Gasteiger partial charge in [-0.3, -0.25) is 9.10 Å². The molecule has 0 atom stereocenters. The Balaban J connectivity index is 1.82. The fourth-order valence-corrected chi connectivity index (χ4v) is 4.20. The van der Waals surface area contributed by atoms with Gasteiger partial charge in [-0.25, -0.2) is 18.2 Å². The van der Waals surface area contributed by atoms with Gasteiger partial charge in [0, 0.05) is 5.02 Å². The zero-order valence-corrected chi connectivity index (χ0v) is 18.1. The number of benzene rings is 3. The van der Waals surface area contributed by atoms with Crippen LogP contribution in [0.25, 0.3) is 0 Å². The zero-order chi connectivity index (χ0) is 22.4. The minimum Gasteiger partial charge on any atom is -0.271 e. The van der Waals surface area contributed by atoms with E-state index < -0.39 is 28.3 Å². The van der Waals surface area contributed by atoms with Crippen LogP contribution in [0.3, 0.4) is 0 Å². The molecule has 0 bridgehead atoms. The first-order valence-electron chi connectivity index (χ1n) is 9.18. The van der Waals surface area contributed by atoms with E-state index in [4.69, 9.17) is 11.6 Å². The number of nitrogens with zero attached hydrogens (tertiary/aromatic N) is 2. The van der Waals surface area contributed by atoms with E-state index in [2.05, 4.69) is 10.5 Å². The van der Waals surface area contributed by atoms with Crippen LogP contribution in [-0.4, -0.2) is 27.1 Å². The van der Waals surface area contributed by atoms with Gasteiger partial charge >= 0.3 is 0 Å². The number of rotatable bonds is 7. The Morgan fingerprint density at radius 2 is 1.65 bits per heavy atom. The highest BCUT2D eigenvalue weighted by molar-refractivity contribution is 7.92. The molecule has 160 valence electrons. The first kappa shape index (κ1) is 22.5. The normalized spacial score (nSPS) is 11.5. The molecule has 0 aliphatic rings. The van der Waals surface area contributed by atoms with E-state index in [0.29, 0.717) is 16.3 Å². The van der Waals surface area contributed by atoms with Crippen molar-refractivity contribution in [2.75, 3.05) is 10.8 Å². The lowest BCUT2D eigenvalue weighted by Crippen LogP contribution is -2.39. The van der Waals surface area contributed by atoms with Crippen LogP contribution >= 0.6 is 11.6 Å². The van der Waals surface area contributed by atoms with Crippen molar-refractivity contribution >= 4 is 39.4 Å². The lowest BCUT2D eigenvalue weighted by atomic mass is 10.2. The van der Waals surface area contributed by atoms with E-state index in [0.717, 1.165) is 34.1 Å². The van der Waals surface area contributed by atoms with Crippen molar-refractivity contribution < 1.29 is 17.6 Å². The van der Waals surface area contributed by atoms with E-state index in [1.54, 1.807) is 48.5 Å². The maximum Gasteiger partial charge on any atom is 0.264 e. The molecule has 0 saturated carbocycles. The topological polar surface area (TPSA) is 78.8 Å². The Kier molecular flexibility index (Phi) is 7.04. The van der Waals surface area contributed by atoms with Crippen LogP contribution in [0.1, 0.15) is 11.1 Å². The van der Waals surface area contributed by atoms with Crippen molar-refractivity contribution in [3.63, 3.8) is 0 Å². The SMILES string of the molecule is Cc1ccc(N(CC(=O)N/N=C\c2ccc(Cl)cc2)S(=O)(=O)c2ccc(F)cc2)cc1. The third kappa shape index (κ3) is 5.90.